The molecule has 29 heavy (non-hydrogen) atoms. The van der Waals surface area contributed by atoms with Gasteiger partial charge in [0.25, 0.3) is 0 Å². The SMILES string of the molecule is COc1ccc(C(CC(=O)Nc2cc(Cl)c(OC)cc2OC)n2cccc2)cc1. The molecule has 1 heterocycles. The van der Waals surface area contributed by atoms with Crippen LogP contribution in [0.2, 0.25) is 5.02 Å². The van der Waals surface area contributed by atoms with Crippen molar-refractivity contribution in [3.63, 3.8) is 0 Å². The number of benzene rings is 2. The second-order valence-corrected chi connectivity index (χ2v) is 6.77. The quantitative estimate of drug-likeness (QED) is 0.576. The molecule has 152 valence electrons. The zero-order valence-corrected chi connectivity index (χ0v) is 17.3. The summed E-state index contributed by atoms with van der Waals surface area (Å²) < 4.78 is 17.8. The van der Waals surface area contributed by atoms with E-state index >= 15 is 0 Å². The first kappa shape index (κ1) is 20.6. The third-order valence-electron chi connectivity index (χ3n) is 4.61. The number of methoxy groups -OCH3 is 3. The first-order chi connectivity index (χ1) is 14.0. The van der Waals surface area contributed by atoms with Crippen LogP contribution in [0, 0.1) is 0 Å². The van der Waals surface area contributed by atoms with E-state index in [-0.39, 0.29) is 18.4 Å². The number of nitrogens with zero attached hydrogens (tertiary/aromatic N) is 1. The minimum atomic E-state index is -0.171. The molecule has 0 bridgehead atoms. The predicted octanol–water partition coefficient (Wildman–Crippen LogP) is 4.79. The Kier molecular flexibility index (Phi) is 6.67. The Balaban J connectivity index is 1.83. The lowest BCUT2D eigenvalue weighted by Crippen LogP contribution is -2.20. The van der Waals surface area contributed by atoms with Gasteiger partial charge in [-0.05, 0) is 35.9 Å². The van der Waals surface area contributed by atoms with Crippen molar-refractivity contribution in [3.8, 4) is 17.2 Å². The van der Waals surface area contributed by atoms with Crippen molar-refractivity contribution < 1.29 is 19.0 Å². The van der Waals surface area contributed by atoms with E-state index in [1.54, 1.807) is 19.2 Å². The van der Waals surface area contributed by atoms with Gasteiger partial charge in [0.2, 0.25) is 5.91 Å². The van der Waals surface area contributed by atoms with E-state index < -0.39 is 0 Å². The van der Waals surface area contributed by atoms with Gasteiger partial charge in [-0.15, -0.1) is 0 Å². The lowest BCUT2D eigenvalue weighted by Gasteiger charge is -2.20. The van der Waals surface area contributed by atoms with Gasteiger partial charge in [0.05, 0.1) is 44.5 Å². The number of nitrogens with one attached hydrogen (secondary N) is 1. The topological polar surface area (TPSA) is 61.7 Å². The second-order valence-electron chi connectivity index (χ2n) is 6.36. The Labute approximate surface area is 175 Å². The minimum Gasteiger partial charge on any atom is -0.497 e. The fourth-order valence-corrected chi connectivity index (χ4v) is 3.35. The lowest BCUT2D eigenvalue weighted by atomic mass is 10.0. The van der Waals surface area contributed by atoms with Gasteiger partial charge in [-0.1, -0.05) is 23.7 Å². The molecule has 7 heteroatoms. The van der Waals surface area contributed by atoms with Gasteiger partial charge in [-0.3, -0.25) is 4.79 Å². The monoisotopic (exact) mass is 414 g/mol. The number of anilines is 1. The van der Waals surface area contributed by atoms with Gasteiger partial charge in [0.1, 0.15) is 17.2 Å². The molecule has 0 saturated heterocycles. The summed E-state index contributed by atoms with van der Waals surface area (Å²) in [5, 5.41) is 3.29. The summed E-state index contributed by atoms with van der Waals surface area (Å²) in [5.74, 6) is 1.55. The number of ether oxygens (including phenoxy) is 3. The van der Waals surface area contributed by atoms with Crippen molar-refractivity contribution in [1.29, 1.82) is 0 Å². The van der Waals surface area contributed by atoms with Crippen molar-refractivity contribution >= 4 is 23.2 Å². The number of aromatic nitrogens is 1. The highest BCUT2D eigenvalue weighted by atomic mass is 35.5. The molecule has 2 aromatic carbocycles. The molecule has 3 aromatic rings. The van der Waals surface area contributed by atoms with Crippen LogP contribution < -0.4 is 19.5 Å². The molecular weight excluding hydrogens is 392 g/mol. The highest BCUT2D eigenvalue weighted by molar-refractivity contribution is 6.32. The van der Waals surface area contributed by atoms with E-state index in [2.05, 4.69) is 5.32 Å². The maximum Gasteiger partial charge on any atom is 0.226 e. The summed E-state index contributed by atoms with van der Waals surface area (Å²) in [7, 11) is 4.67. The number of hydrogen-bond donors (Lipinski definition) is 1. The lowest BCUT2D eigenvalue weighted by molar-refractivity contribution is -0.116. The number of carbonyl (C=O) groups excluding carboxylic acids is 1. The minimum absolute atomic E-state index is 0.168. The van der Waals surface area contributed by atoms with Crippen LogP contribution in [0.15, 0.2) is 60.9 Å². The molecule has 0 fully saturated rings. The Hall–Kier alpha value is -3.12. The van der Waals surface area contributed by atoms with Crippen molar-refractivity contribution in [1.82, 2.24) is 4.57 Å². The number of amides is 1. The van der Waals surface area contributed by atoms with Crippen molar-refractivity contribution in [3.05, 3.63) is 71.5 Å². The van der Waals surface area contributed by atoms with E-state index in [1.165, 1.54) is 14.2 Å². The molecule has 0 aliphatic heterocycles. The summed E-state index contributed by atoms with van der Waals surface area (Å²) in [6.45, 7) is 0. The van der Waals surface area contributed by atoms with Gasteiger partial charge in [-0.25, -0.2) is 0 Å². The van der Waals surface area contributed by atoms with Gasteiger partial charge < -0.3 is 24.1 Å². The van der Waals surface area contributed by atoms with E-state index in [9.17, 15) is 4.79 Å². The molecule has 1 aromatic heterocycles. The summed E-state index contributed by atoms with van der Waals surface area (Å²) in [6, 6.07) is 14.6. The molecule has 1 amide bonds. The third-order valence-corrected chi connectivity index (χ3v) is 4.91. The smallest absolute Gasteiger partial charge is 0.226 e. The van der Waals surface area contributed by atoms with Crippen LogP contribution in [0.3, 0.4) is 0 Å². The Morgan fingerprint density at radius 3 is 2.24 bits per heavy atom. The highest BCUT2D eigenvalue weighted by Gasteiger charge is 2.19. The van der Waals surface area contributed by atoms with E-state index in [0.717, 1.165) is 11.3 Å². The van der Waals surface area contributed by atoms with Gasteiger partial charge in [-0.2, -0.15) is 0 Å². The van der Waals surface area contributed by atoms with E-state index in [1.807, 2.05) is 53.4 Å². The van der Waals surface area contributed by atoms with Crippen LogP contribution in [0.4, 0.5) is 5.69 Å². The predicted molar refractivity (Wildman–Crippen MR) is 113 cm³/mol. The van der Waals surface area contributed by atoms with Gasteiger partial charge >= 0.3 is 0 Å². The number of hydrogen-bond acceptors (Lipinski definition) is 4. The molecule has 0 saturated carbocycles. The zero-order chi connectivity index (χ0) is 20.8. The van der Waals surface area contributed by atoms with Crippen molar-refractivity contribution in [2.75, 3.05) is 26.6 Å². The summed E-state index contributed by atoms with van der Waals surface area (Å²) >= 11 is 6.21. The Morgan fingerprint density at radius 2 is 1.66 bits per heavy atom. The van der Waals surface area contributed by atoms with Crippen molar-refractivity contribution in [2.45, 2.75) is 12.5 Å². The summed E-state index contributed by atoms with van der Waals surface area (Å²) in [5.41, 5.74) is 1.49. The van der Waals surface area contributed by atoms with Crippen molar-refractivity contribution in [2.24, 2.45) is 0 Å². The first-order valence-electron chi connectivity index (χ1n) is 9.03. The number of halogens is 1. The maximum atomic E-state index is 12.9. The average Bonchev–Trinajstić information content (AvgIpc) is 3.27. The normalized spacial score (nSPS) is 11.6. The van der Waals surface area contributed by atoms with Gasteiger partial charge in [0.15, 0.2) is 0 Å². The van der Waals surface area contributed by atoms with Crippen LogP contribution in [-0.2, 0) is 4.79 Å². The molecule has 0 spiro atoms. The second kappa shape index (κ2) is 9.39. The van der Waals surface area contributed by atoms with Gasteiger partial charge in [0, 0.05) is 18.5 Å². The molecule has 1 unspecified atom stereocenters. The van der Waals surface area contributed by atoms with Crippen LogP contribution in [0.1, 0.15) is 18.0 Å². The average molecular weight is 415 g/mol. The van der Waals surface area contributed by atoms with Crippen LogP contribution in [0.25, 0.3) is 0 Å². The fourth-order valence-electron chi connectivity index (χ4n) is 3.11. The molecule has 3 rings (SSSR count). The molecular formula is C22H23ClN2O4. The number of rotatable bonds is 8. The molecule has 0 aliphatic carbocycles. The third kappa shape index (κ3) is 4.84. The largest absolute Gasteiger partial charge is 0.497 e. The Bertz CT molecular complexity index is 956. The standard InChI is InChI=1S/C22H23ClN2O4/c1-27-16-8-6-15(7-9-16)19(25-10-4-5-11-25)13-22(26)24-18-12-17(23)20(28-2)14-21(18)29-3/h4-12,14,19H,13H2,1-3H3,(H,24,26). The summed E-state index contributed by atoms with van der Waals surface area (Å²) in [4.78, 5) is 12.9. The number of carbonyl (C=O) groups is 1. The highest BCUT2D eigenvalue weighted by Crippen LogP contribution is 2.36. The van der Waals surface area contributed by atoms with Crippen LogP contribution in [0.5, 0.6) is 17.2 Å². The van der Waals surface area contributed by atoms with Crippen LogP contribution in [-0.4, -0.2) is 31.8 Å². The van der Waals surface area contributed by atoms with E-state index in [0.29, 0.717) is 22.2 Å². The first-order valence-corrected chi connectivity index (χ1v) is 9.41. The maximum absolute atomic E-state index is 12.9. The zero-order valence-electron chi connectivity index (χ0n) is 16.5. The Morgan fingerprint density at radius 1 is 1.00 bits per heavy atom. The van der Waals surface area contributed by atoms with Crippen LogP contribution >= 0.6 is 11.6 Å². The van der Waals surface area contributed by atoms with E-state index in [4.69, 9.17) is 25.8 Å². The molecule has 0 aliphatic rings. The molecule has 1 atom stereocenters. The summed E-state index contributed by atoms with van der Waals surface area (Å²) in [6.07, 6.45) is 4.10. The molecule has 0 radical (unpaired) electrons. The molecule has 6 nitrogen and oxygen atoms in total. The molecule has 1 N–H and O–H groups in total. The fraction of sp³-hybridized carbons (Fsp3) is 0.227.